The zero-order chi connectivity index (χ0) is 12.0. The zero-order valence-electron chi connectivity index (χ0n) is 9.33. The number of nitrogens with zero attached hydrogens (tertiary/aromatic N) is 2. The molecule has 1 aromatic rings. The maximum Gasteiger partial charge on any atom is 0.234 e. The van der Waals surface area contributed by atoms with E-state index in [1.165, 1.54) is 0 Å². The van der Waals surface area contributed by atoms with Gasteiger partial charge in [-0.1, -0.05) is 12.8 Å². The molecular weight excluding hydrogens is 270 g/mol. The van der Waals surface area contributed by atoms with Crippen molar-refractivity contribution in [2.45, 2.75) is 26.4 Å². The fourth-order valence-electron chi connectivity index (χ4n) is 0.958. The summed E-state index contributed by atoms with van der Waals surface area (Å²) in [6.45, 7) is 4.68. The van der Waals surface area contributed by atoms with E-state index in [0.29, 0.717) is 16.3 Å². The quantitative estimate of drug-likeness (QED) is 0.844. The van der Waals surface area contributed by atoms with Crippen molar-refractivity contribution in [2.24, 2.45) is 0 Å². The monoisotopic (exact) mass is 283 g/mol. The molecule has 0 aliphatic carbocycles. The fraction of sp³-hybridized carbons (Fsp3) is 0.455. The van der Waals surface area contributed by atoms with Crippen molar-refractivity contribution in [2.75, 3.05) is 11.9 Å². The molecule has 0 aliphatic rings. The second kappa shape index (κ2) is 6.33. The van der Waals surface area contributed by atoms with Crippen LogP contribution in [0.25, 0.3) is 0 Å². The number of nitrogens with one attached hydrogen (secondary N) is 1. The highest BCUT2D eigenvalue weighted by molar-refractivity contribution is 9.10. The number of terminal acetylenes is 1. The Labute approximate surface area is 104 Å². The van der Waals surface area contributed by atoms with Crippen molar-refractivity contribution < 1.29 is 4.74 Å². The van der Waals surface area contributed by atoms with Gasteiger partial charge in [-0.3, -0.25) is 0 Å². The van der Waals surface area contributed by atoms with Gasteiger partial charge in [-0.05, 0) is 29.3 Å². The topological polar surface area (TPSA) is 47.0 Å². The van der Waals surface area contributed by atoms with Crippen LogP contribution in [0.4, 0.5) is 5.95 Å². The molecule has 0 aliphatic heterocycles. The maximum absolute atomic E-state index is 5.44. The molecule has 0 saturated heterocycles. The standard InChI is InChI=1S/C11H14BrN3O/c1-4-6-13-11-14-7-9(12)10(15-11)16-8(3)5-2/h2,7-8H,4,6H2,1,3H3,(H,13,14,15). The van der Waals surface area contributed by atoms with E-state index in [2.05, 4.69) is 44.1 Å². The van der Waals surface area contributed by atoms with Gasteiger partial charge in [-0.15, -0.1) is 6.42 Å². The third kappa shape index (κ3) is 3.70. The molecule has 0 amide bonds. The summed E-state index contributed by atoms with van der Waals surface area (Å²) in [5.74, 6) is 3.48. The summed E-state index contributed by atoms with van der Waals surface area (Å²) < 4.78 is 6.13. The van der Waals surface area contributed by atoms with Gasteiger partial charge < -0.3 is 10.1 Å². The molecule has 1 aromatic heterocycles. The molecule has 0 spiro atoms. The summed E-state index contributed by atoms with van der Waals surface area (Å²) in [7, 11) is 0. The van der Waals surface area contributed by atoms with E-state index >= 15 is 0 Å². The highest BCUT2D eigenvalue weighted by Crippen LogP contribution is 2.23. The van der Waals surface area contributed by atoms with Crippen LogP contribution in [0.3, 0.4) is 0 Å². The molecule has 5 heteroatoms. The van der Waals surface area contributed by atoms with Crippen molar-refractivity contribution in [1.82, 2.24) is 9.97 Å². The predicted octanol–water partition coefficient (Wildman–Crippen LogP) is 2.46. The highest BCUT2D eigenvalue weighted by Gasteiger charge is 2.08. The fourth-order valence-corrected chi connectivity index (χ4v) is 1.24. The van der Waals surface area contributed by atoms with E-state index in [1.54, 1.807) is 13.1 Å². The van der Waals surface area contributed by atoms with Crippen LogP contribution in [0.15, 0.2) is 10.7 Å². The van der Waals surface area contributed by atoms with E-state index in [0.717, 1.165) is 13.0 Å². The number of anilines is 1. The maximum atomic E-state index is 5.44. The second-order valence-electron chi connectivity index (χ2n) is 3.20. The molecular formula is C11H14BrN3O. The number of hydrogen-bond donors (Lipinski definition) is 1. The highest BCUT2D eigenvalue weighted by atomic mass is 79.9. The first-order valence-electron chi connectivity index (χ1n) is 5.06. The van der Waals surface area contributed by atoms with Gasteiger partial charge in [0.15, 0.2) is 6.10 Å². The molecule has 1 heterocycles. The lowest BCUT2D eigenvalue weighted by Crippen LogP contribution is -2.11. The van der Waals surface area contributed by atoms with Crippen LogP contribution in [0.5, 0.6) is 5.88 Å². The first-order valence-corrected chi connectivity index (χ1v) is 5.85. The number of hydrogen-bond acceptors (Lipinski definition) is 4. The van der Waals surface area contributed by atoms with Gasteiger partial charge >= 0.3 is 0 Å². The molecule has 0 radical (unpaired) electrons. The van der Waals surface area contributed by atoms with Crippen LogP contribution in [0, 0.1) is 12.3 Å². The molecule has 0 aromatic carbocycles. The molecule has 1 N–H and O–H groups in total. The van der Waals surface area contributed by atoms with Crippen molar-refractivity contribution in [1.29, 1.82) is 0 Å². The Balaban J connectivity index is 2.78. The summed E-state index contributed by atoms with van der Waals surface area (Å²) in [5, 5.41) is 3.08. The van der Waals surface area contributed by atoms with Crippen LogP contribution >= 0.6 is 15.9 Å². The van der Waals surface area contributed by atoms with Gasteiger partial charge in [0, 0.05) is 6.54 Å². The van der Waals surface area contributed by atoms with Crippen LogP contribution in [-0.4, -0.2) is 22.6 Å². The van der Waals surface area contributed by atoms with Crippen LogP contribution in [-0.2, 0) is 0 Å². The molecule has 4 nitrogen and oxygen atoms in total. The van der Waals surface area contributed by atoms with E-state index in [1.807, 2.05) is 0 Å². The number of rotatable bonds is 5. The van der Waals surface area contributed by atoms with Crippen LogP contribution < -0.4 is 10.1 Å². The van der Waals surface area contributed by atoms with Crippen LogP contribution in [0.1, 0.15) is 20.3 Å². The Morgan fingerprint density at radius 2 is 2.44 bits per heavy atom. The SMILES string of the molecule is C#CC(C)Oc1nc(NCCC)ncc1Br. The van der Waals surface area contributed by atoms with Gasteiger partial charge in [0.2, 0.25) is 11.8 Å². The van der Waals surface area contributed by atoms with Gasteiger partial charge in [0.25, 0.3) is 0 Å². The van der Waals surface area contributed by atoms with E-state index < -0.39 is 0 Å². The normalized spacial score (nSPS) is 11.6. The number of halogens is 1. The van der Waals surface area contributed by atoms with Gasteiger partial charge in [-0.2, -0.15) is 4.98 Å². The van der Waals surface area contributed by atoms with E-state index in [9.17, 15) is 0 Å². The average molecular weight is 284 g/mol. The van der Waals surface area contributed by atoms with E-state index in [-0.39, 0.29) is 6.10 Å². The van der Waals surface area contributed by atoms with Crippen molar-refractivity contribution >= 4 is 21.9 Å². The van der Waals surface area contributed by atoms with E-state index in [4.69, 9.17) is 11.2 Å². The minimum Gasteiger partial charge on any atom is -0.461 e. The Morgan fingerprint density at radius 3 is 3.06 bits per heavy atom. The summed E-state index contributed by atoms with van der Waals surface area (Å²) in [4.78, 5) is 8.32. The van der Waals surface area contributed by atoms with Gasteiger partial charge in [0.05, 0.1) is 10.7 Å². The first kappa shape index (κ1) is 12.8. The molecule has 86 valence electrons. The molecule has 0 saturated carbocycles. The van der Waals surface area contributed by atoms with Crippen LogP contribution in [0.2, 0.25) is 0 Å². The largest absolute Gasteiger partial charge is 0.461 e. The number of aromatic nitrogens is 2. The van der Waals surface area contributed by atoms with Crippen molar-refractivity contribution in [3.8, 4) is 18.2 Å². The third-order valence-corrected chi connectivity index (χ3v) is 2.31. The molecule has 1 unspecified atom stereocenters. The average Bonchev–Trinajstić information content (AvgIpc) is 2.30. The third-order valence-electron chi connectivity index (χ3n) is 1.77. The molecule has 1 rings (SSSR count). The van der Waals surface area contributed by atoms with Gasteiger partial charge in [-0.25, -0.2) is 4.98 Å². The Morgan fingerprint density at radius 1 is 1.69 bits per heavy atom. The molecule has 16 heavy (non-hydrogen) atoms. The summed E-state index contributed by atoms with van der Waals surface area (Å²) in [5.41, 5.74) is 0. The minimum atomic E-state index is -0.315. The van der Waals surface area contributed by atoms with Gasteiger partial charge in [0.1, 0.15) is 0 Å². The second-order valence-corrected chi connectivity index (χ2v) is 4.05. The lowest BCUT2D eigenvalue weighted by Gasteiger charge is -2.10. The summed E-state index contributed by atoms with van der Waals surface area (Å²) in [6, 6.07) is 0. The smallest absolute Gasteiger partial charge is 0.234 e. The minimum absolute atomic E-state index is 0.315. The molecule has 0 fully saturated rings. The summed E-state index contributed by atoms with van der Waals surface area (Å²) >= 11 is 3.31. The Kier molecular flexibility index (Phi) is 5.06. The summed E-state index contributed by atoms with van der Waals surface area (Å²) in [6.07, 6.45) is 7.58. The predicted molar refractivity (Wildman–Crippen MR) is 67.4 cm³/mol. The molecule has 1 atom stereocenters. The number of ether oxygens (including phenoxy) is 1. The molecule has 0 bridgehead atoms. The lowest BCUT2D eigenvalue weighted by molar-refractivity contribution is 0.266. The lowest BCUT2D eigenvalue weighted by atomic mass is 10.4. The Bertz CT molecular complexity index is 389. The van der Waals surface area contributed by atoms with Crippen molar-refractivity contribution in [3.05, 3.63) is 10.7 Å². The Hall–Kier alpha value is -1.28. The zero-order valence-corrected chi connectivity index (χ0v) is 10.9. The van der Waals surface area contributed by atoms with Crippen molar-refractivity contribution in [3.63, 3.8) is 0 Å². The first-order chi connectivity index (χ1) is 7.67.